The Kier molecular flexibility index (Phi) is 4.84. The zero-order valence-corrected chi connectivity index (χ0v) is 15.7. The van der Waals surface area contributed by atoms with E-state index in [4.69, 9.17) is 0 Å². The standard InChI is InChI=1S/C22H25N3O2/c1-23-20(17-10-4-2-5-11-17)21(26)25(22(23)27)16-18-12-6-7-13-19(18)24-14-8-3-9-15-24/h2,4-7,10-13,20H,3,8-9,14-16H2,1H3. The van der Waals surface area contributed by atoms with Crippen LogP contribution in [0.25, 0.3) is 0 Å². The van der Waals surface area contributed by atoms with Crippen LogP contribution in [0.15, 0.2) is 54.6 Å². The van der Waals surface area contributed by atoms with Crippen LogP contribution < -0.4 is 4.90 Å². The molecule has 2 heterocycles. The van der Waals surface area contributed by atoms with Crippen LogP contribution in [-0.2, 0) is 11.3 Å². The van der Waals surface area contributed by atoms with Crippen LogP contribution in [-0.4, -0.2) is 41.9 Å². The summed E-state index contributed by atoms with van der Waals surface area (Å²) in [5, 5.41) is 0. The minimum absolute atomic E-state index is 0.151. The SMILES string of the molecule is CN1C(=O)N(Cc2ccccc2N2CCCCC2)C(=O)C1c1ccccc1. The number of piperidine rings is 1. The fourth-order valence-corrected chi connectivity index (χ4v) is 4.11. The first kappa shape index (κ1) is 17.6. The highest BCUT2D eigenvalue weighted by Crippen LogP contribution is 2.32. The second kappa shape index (κ2) is 7.43. The largest absolute Gasteiger partial charge is 0.371 e. The van der Waals surface area contributed by atoms with E-state index in [0.717, 1.165) is 29.9 Å². The van der Waals surface area contributed by atoms with Crippen molar-refractivity contribution in [1.82, 2.24) is 9.80 Å². The fourth-order valence-electron chi connectivity index (χ4n) is 4.11. The maximum absolute atomic E-state index is 13.1. The number of urea groups is 1. The summed E-state index contributed by atoms with van der Waals surface area (Å²) in [4.78, 5) is 31.2. The number of likely N-dealkylation sites (N-methyl/N-ethyl adjacent to an activating group) is 1. The molecule has 1 atom stereocenters. The molecular formula is C22H25N3O2. The number of hydrogen-bond donors (Lipinski definition) is 0. The van der Waals surface area contributed by atoms with Gasteiger partial charge >= 0.3 is 6.03 Å². The van der Waals surface area contributed by atoms with Crippen molar-refractivity contribution in [2.24, 2.45) is 0 Å². The molecule has 27 heavy (non-hydrogen) atoms. The fraction of sp³-hybridized carbons (Fsp3) is 0.364. The van der Waals surface area contributed by atoms with Gasteiger partial charge in [-0.15, -0.1) is 0 Å². The van der Waals surface area contributed by atoms with Crippen molar-refractivity contribution in [3.8, 4) is 0 Å². The third-order valence-corrected chi connectivity index (χ3v) is 5.55. The third kappa shape index (κ3) is 3.29. The number of anilines is 1. The maximum atomic E-state index is 13.1. The van der Waals surface area contributed by atoms with Gasteiger partial charge in [0.15, 0.2) is 0 Å². The zero-order chi connectivity index (χ0) is 18.8. The predicted octanol–water partition coefficient (Wildman–Crippen LogP) is 3.81. The van der Waals surface area contributed by atoms with Gasteiger partial charge in [-0.1, -0.05) is 48.5 Å². The summed E-state index contributed by atoms with van der Waals surface area (Å²) in [7, 11) is 1.70. The van der Waals surface area contributed by atoms with Crippen LogP contribution in [0.1, 0.15) is 36.4 Å². The quantitative estimate of drug-likeness (QED) is 0.776. The van der Waals surface area contributed by atoms with Crippen molar-refractivity contribution in [2.75, 3.05) is 25.0 Å². The molecule has 2 aromatic rings. The molecule has 5 nitrogen and oxygen atoms in total. The molecule has 0 saturated carbocycles. The number of para-hydroxylation sites is 1. The van der Waals surface area contributed by atoms with E-state index in [1.807, 2.05) is 48.5 Å². The van der Waals surface area contributed by atoms with E-state index in [1.165, 1.54) is 24.2 Å². The molecule has 0 spiro atoms. The van der Waals surface area contributed by atoms with Gasteiger partial charge in [0, 0.05) is 25.8 Å². The van der Waals surface area contributed by atoms with Gasteiger partial charge < -0.3 is 9.80 Å². The van der Waals surface area contributed by atoms with Crippen LogP contribution in [0.4, 0.5) is 10.5 Å². The molecule has 0 aliphatic carbocycles. The van der Waals surface area contributed by atoms with Gasteiger partial charge in [0.05, 0.1) is 6.54 Å². The van der Waals surface area contributed by atoms with Gasteiger partial charge in [0.1, 0.15) is 6.04 Å². The Hall–Kier alpha value is -2.82. The molecule has 0 radical (unpaired) electrons. The number of rotatable bonds is 4. The van der Waals surface area contributed by atoms with E-state index in [2.05, 4.69) is 11.0 Å². The second-order valence-electron chi connectivity index (χ2n) is 7.31. The van der Waals surface area contributed by atoms with Crippen molar-refractivity contribution in [3.05, 3.63) is 65.7 Å². The highest BCUT2D eigenvalue weighted by molar-refractivity contribution is 6.04. The van der Waals surface area contributed by atoms with Crippen molar-refractivity contribution >= 4 is 17.6 Å². The Bertz CT molecular complexity index is 830. The van der Waals surface area contributed by atoms with Crippen molar-refractivity contribution < 1.29 is 9.59 Å². The lowest BCUT2D eigenvalue weighted by Gasteiger charge is -2.31. The highest BCUT2D eigenvalue weighted by Gasteiger charge is 2.43. The van der Waals surface area contributed by atoms with E-state index in [-0.39, 0.29) is 11.9 Å². The Morgan fingerprint density at radius 2 is 1.56 bits per heavy atom. The average Bonchev–Trinajstić information content (AvgIpc) is 2.93. The monoisotopic (exact) mass is 363 g/mol. The summed E-state index contributed by atoms with van der Waals surface area (Å²) >= 11 is 0. The van der Waals surface area contributed by atoms with Gasteiger partial charge in [-0.3, -0.25) is 9.69 Å². The molecule has 1 unspecified atom stereocenters. The topological polar surface area (TPSA) is 43.9 Å². The van der Waals surface area contributed by atoms with Gasteiger partial charge in [-0.2, -0.15) is 0 Å². The number of imide groups is 1. The molecule has 0 N–H and O–H groups in total. The molecule has 4 rings (SSSR count). The summed E-state index contributed by atoms with van der Waals surface area (Å²) in [5.41, 5.74) is 3.02. The third-order valence-electron chi connectivity index (χ3n) is 5.55. The summed E-state index contributed by atoms with van der Waals surface area (Å²) in [6.07, 6.45) is 3.65. The average molecular weight is 363 g/mol. The Labute approximate surface area is 160 Å². The van der Waals surface area contributed by atoms with E-state index in [1.54, 1.807) is 11.9 Å². The minimum atomic E-state index is -0.541. The molecule has 3 amide bonds. The number of benzene rings is 2. The van der Waals surface area contributed by atoms with Gasteiger partial charge in [0.2, 0.25) is 0 Å². The van der Waals surface area contributed by atoms with E-state index in [0.29, 0.717) is 6.54 Å². The first-order valence-electron chi connectivity index (χ1n) is 9.63. The molecule has 5 heteroatoms. The normalized spacial score (nSPS) is 20.5. The Morgan fingerprint density at radius 1 is 0.889 bits per heavy atom. The summed E-state index contributed by atoms with van der Waals surface area (Å²) in [6.45, 7) is 2.38. The minimum Gasteiger partial charge on any atom is -0.371 e. The van der Waals surface area contributed by atoms with Gasteiger partial charge in [0.25, 0.3) is 5.91 Å². The smallest absolute Gasteiger partial charge is 0.327 e. The number of nitrogens with zero attached hydrogens (tertiary/aromatic N) is 3. The lowest BCUT2D eigenvalue weighted by Crippen LogP contribution is -2.34. The van der Waals surface area contributed by atoms with Crippen molar-refractivity contribution in [3.63, 3.8) is 0 Å². The van der Waals surface area contributed by atoms with Crippen LogP contribution in [0.3, 0.4) is 0 Å². The van der Waals surface area contributed by atoms with E-state index < -0.39 is 6.04 Å². The van der Waals surface area contributed by atoms with E-state index >= 15 is 0 Å². The molecule has 2 fully saturated rings. The number of hydrogen-bond acceptors (Lipinski definition) is 3. The number of carbonyl (C=O) groups excluding carboxylic acids is 2. The summed E-state index contributed by atoms with van der Waals surface area (Å²) in [6, 6.07) is 16.9. The second-order valence-corrected chi connectivity index (χ2v) is 7.31. The summed E-state index contributed by atoms with van der Waals surface area (Å²) < 4.78 is 0. The predicted molar refractivity (Wildman–Crippen MR) is 105 cm³/mol. The molecule has 140 valence electrons. The number of carbonyl (C=O) groups is 2. The molecule has 0 aromatic heterocycles. The van der Waals surface area contributed by atoms with E-state index in [9.17, 15) is 9.59 Å². The zero-order valence-electron chi connectivity index (χ0n) is 15.7. The van der Waals surface area contributed by atoms with Gasteiger partial charge in [-0.05, 0) is 36.5 Å². The van der Waals surface area contributed by atoms with Crippen molar-refractivity contribution in [1.29, 1.82) is 0 Å². The van der Waals surface area contributed by atoms with Crippen molar-refractivity contribution in [2.45, 2.75) is 31.8 Å². The molecule has 2 saturated heterocycles. The highest BCUT2D eigenvalue weighted by atomic mass is 16.2. The molecule has 2 aliphatic heterocycles. The van der Waals surface area contributed by atoms with Crippen LogP contribution in [0, 0.1) is 0 Å². The van der Waals surface area contributed by atoms with Gasteiger partial charge in [-0.25, -0.2) is 4.79 Å². The molecule has 2 aliphatic rings. The molecular weight excluding hydrogens is 338 g/mol. The number of amides is 3. The van der Waals surface area contributed by atoms with Crippen LogP contribution >= 0.6 is 0 Å². The Balaban J connectivity index is 1.60. The maximum Gasteiger partial charge on any atom is 0.327 e. The lowest BCUT2D eigenvalue weighted by atomic mass is 10.1. The van der Waals surface area contributed by atoms with Crippen LogP contribution in [0.2, 0.25) is 0 Å². The first-order valence-corrected chi connectivity index (χ1v) is 9.63. The lowest BCUT2D eigenvalue weighted by molar-refractivity contribution is -0.128. The first-order chi connectivity index (χ1) is 13.2. The molecule has 0 bridgehead atoms. The van der Waals surface area contributed by atoms with Crippen LogP contribution in [0.5, 0.6) is 0 Å². The molecule has 2 aromatic carbocycles. The Morgan fingerprint density at radius 3 is 2.30 bits per heavy atom. The summed E-state index contributed by atoms with van der Waals surface area (Å²) in [5.74, 6) is -0.151.